The maximum atomic E-state index is 12.9. The summed E-state index contributed by atoms with van der Waals surface area (Å²) < 4.78 is 5.79. The summed E-state index contributed by atoms with van der Waals surface area (Å²) in [7, 11) is 1.94. The number of halogens is 2. The van der Waals surface area contributed by atoms with Crippen molar-refractivity contribution in [3.05, 3.63) is 0 Å². The highest BCUT2D eigenvalue weighted by Gasteiger charge is 2.48. The molecule has 10 heteroatoms. The van der Waals surface area contributed by atoms with Crippen molar-refractivity contribution in [3.8, 4) is 0 Å². The van der Waals surface area contributed by atoms with E-state index in [0.29, 0.717) is 5.92 Å². The molecule has 0 radical (unpaired) electrons. The molecule has 0 bridgehead atoms. The van der Waals surface area contributed by atoms with Crippen LogP contribution < -0.4 is 5.32 Å². The molecule has 0 aliphatic carbocycles. The molecule has 2 saturated heterocycles. The number of likely N-dealkylation sites (N-methyl/N-ethyl adjacent to an activating group) is 1. The Balaban J connectivity index is 0.00000392. The van der Waals surface area contributed by atoms with Gasteiger partial charge in [-0.2, -0.15) is 0 Å². The number of ether oxygens (including phenoxy) is 1. The van der Waals surface area contributed by atoms with Gasteiger partial charge in [-0.05, 0) is 39.0 Å². The molecular formula is C18H34Cl2N2O5S. The molecule has 0 spiro atoms. The summed E-state index contributed by atoms with van der Waals surface area (Å²) in [5.74, 6) is 0.350. The predicted octanol–water partition coefficient (Wildman–Crippen LogP) is 0.811. The minimum atomic E-state index is -1.36. The monoisotopic (exact) mass is 460 g/mol. The quantitative estimate of drug-likeness (QED) is 0.416. The average molecular weight is 461 g/mol. The molecule has 2 fully saturated rings. The molecule has 0 aromatic carbocycles. The lowest BCUT2D eigenvalue weighted by Gasteiger charge is -2.44. The Morgan fingerprint density at radius 3 is 2.50 bits per heavy atom. The number of nitrogens with one attached hydrogen (secondary N) is 1. The number of rotatable bonds is 7. The molecule has 1 amide bonds. The van der Waals surface area contributed by atoms with Crippen LogP contribution in [-0.4, -0.2) is 93.3 Å². The van der Waals surface area contributed by atoms with E-state index in [-0.39, 0.29) is 24.4 Å². The highest BCUT2D eigenvalue weighted by molar-refractivity contribution is 7.99. The fourth-order valence-corrected chi connectivity index (χ4v) is 5.00. The Morgan fingerprint density at radius 1 is 1.32 bits per heavy atom. The number of aliphatic hydroxyl groups is 3. The molecule has 2 aliphatic heterocycles. The maximum absolute atomic E-state index is 12.9. The smallest absolute Gasteiger partial charge is 0.237 e. The molecule has 0 aromatic rings. The van der Waals surface area contributed by atoms with Gasteiger partial charge in [0.25, 0.3) is 0 Å². The zero-order valence-corrected chi connectivity index (χ0v) is 19.2. The first-order valence-electron chi connectivity index (χ1n) is 9.58. The molecule has 0 saturated carbocycles. The van der Waals surface area contributed by atoms with Crippen molar-refractivity contribution < 1.29 is 24.9 Å². The normalized spacial score (nSPS) is 38.5. The van der Waals surface area contributed by atoms with Crippen molar-refractivity contribution in [1.29, 1.82) is 0 Å². The van der Waals surface area contributed by atoms with Crippen LogP contribution in [0.15, 0.2) is 0 Å². The fraction of sp³-hybridized carbons (Fsp3) is 0.944. The first kappa shape index (κ1) is 26.2. The van der Waals surface area contributed by atoms with E-state index in [1.54, 1.807) is 13.2 Å². The largest absolute Gasteiger partial charge is 0.388 e. The number of carbonyl (C=O) groups excluding carboxylic acids is 1. The maximum Gasteiger partial charge on any atom is 0.237 e. The molecule has 2 aliphatic rings. The first-order chi connectivity index (χ1) is 12.7. The minimum absolute atomic E-state index is 0. The second-order valence-electron chi connectivity index (χ2n) is 7.73. The van der Waals surface area contributed by atoms with Crippen LogP contribution in [-0.2, 0) is 9.53 Å². The van der Waals surface area contributed by atoms with Gasteiger partial charge >= 0.3 is 0 Å². The zero-order chi connectivity index (χ0) is 20.3. The summed E-state index contributed by atoms with van der Waals surface area (Å²) >= 11 is 7.55. The second kappa shape index (κ2) is 11.6. The van der Waals surface area contributed by atoms with Crippen LogP contribution in [0.2, 0.25) is 0 Å². The van der Waals surface area contributed by atoms with Gasteiger partial charge in [0, 0.05) is 6.54 Å². The van der Waals surface area contributed by atoms with Gasteiger partial charge in [-0.25, -0.2) is 0 Å². The van der Waals surface area contributed by atoms with Gasteiger partial charge < -0.3 is 25.4 Å². The molecule has 28 heavy (non-hydrogen) atoms. The number of hydrogen-bond donors (Lipinski definition) is 4. The summed E-state index contributed by atoms with van der Waals surface area (Å²) in [5.41, 5.74) is -0.702. The van der Waals surface area contributed by atoms with Crippen molar-refractivity contribution in [3.63, 3.8) is 0 Å². The van der Waals surface area contributed by atoms with E-state index in [4.69, 9.17) is 16.3 Å². The van der Waals surface area contributed by atoms with Gasteiger partial charge in [0.05, 0.1) is 17.5 Å². The van der Waals surface area contributed by atoms with E-state index in [1.165, 1.54) is 11.8 Å². The van der Waals surface area contributed by atoms with E-state index >= 15 is 0 Å². The highest BCUT2D eigenvalue weighted by Crippen LogP contribution is 2.31. The van der Waals surface area contributed by atoms with Crippen molar-refractivity contribution in [2.24, 2.45) is 5.92 Å². The summed E-state index contributed by atoms with van der Waals surface area (Å²) in [4.78, 5) is 14.9. The third kappa shape index (κ3) is 5.88. The van der Waals surface area contributed by atoms with Crippen LogP contribution in [0.4, 0.5) is 0 Å². The van der Waals surface area contributed by atoms with E-state index in [9.17, 15) is 20.1 Å². The van der Waals surface area contributed by atoms with Crippen molar-refractivity contribution in [2.75, 3.05) is 19.8 Å². The number of aliphatic hydroxyl groups excluding tert-OH is 3. The Hall–Kier alpha value is 0.200. The molecule has 2 rings (SSSR count). The Labute approximate surface area is 182 Å². The topological polar surface area (TPSA) is 102 Å². The van der Waals surface area contributed by atoms with Crippen LogP contribution in [0.25, 0.3) is 0 Å². The third-order valence-corrected chi connectivity index (χ3v) is 6.76. The molecule has 9 atom stereocenters. The van der Waals surface area contributed by atoms with Crippen LogP contribution in [0.3, 0.4) is 0 Å². The van der Waals surface area contributed by atoms with Gasteiger partial charge in [-0.1, -0.05) is 13.3 Å². The SMILES string of the molecule is CCCC1CC(C(=O)NC(C(C)Cl)C2OC(SC)C(O)[C@@H](O)C2O)N(C)C1.Cl. The second-order valence-corrected chi connectivity index (χ2v) is 9.36. The van der Waals surface area contributed by atoms with Crippen LogP contribution in [0.5, 0.6) is 0 Å². The summed E-state index contributed by atoms with van der Waals surface area (Å²) in [5, 5.41) is 33.0. The Morgan fingerprint density at radius 2 is 1.96 bits per heavy atom. The molecule has 0 aromatic heterocycles. The number of alkyl halides is 1. The van der Waals surface area contributed by atoms with E-state index in [2.05, 4.69) is 12.2 Å². The van der Waals surface area contributed by atoms with Gasteiger partial charge in [-0.3, -0.25) is 9.69 Å². The van der Waals surface area contributed by atoms with Crippen LogP contribution in [0, 0.1) is 5.92 Å². The summed E-state index contributed by atoms with van der Waals surface area (Å²) in [6, 6.07) is -0.934. The van der Waals surface area contributed by atoms with E-state index in [1.807, 2.05) is 11.9 Å². The molecule has 7 nitrogen and oxygen atoms in total. The number of nitrogens with zero attached hydrogens (tertiary/aromatic N) is 1. The molecular weight excluding hydrogens is 427 g/mol. The lowest BCUT2D eigenvalue weighted by molar-refractivity contribution is -0.205. The first-order valence-corrected chi connectivity index (χ1v) is 11.3. The molecule has 166 valence electrons. The lowest BCUT2D eigenvalue weighted by atomic mass is 9.92. The summed E-state index contributed by atoms with van der Waals surface area (Å²) in [6.07, 6.45) is -0.0980. The van der Waals surface area contributed by atoms with Crippen molar-refractivity contribution in [2.45, 2.75) is 80.4 Å². The zero-order valence-electron chi connectivity index (χ0n) is 16.8. The van der Waals surface area contributed by atoms with Crippen molar-refractivity contribution in [1.82, 2.24) is 10.2 Å². The standard InChI is InChI=1S/C18H33ClN2O5S.ClH/c1-5-6-10-7-11(21(3)8-10)17(25)20-12(9(2)19)16-14(23)13(22)15(24)18(26-16)27-4;/h9-16,18,22-24H,5-8H2,1-4H3,(H,20,25);1H/t9?,10?,11?,12?,13-,14?,15?,16?,18?;/m0./s1. The van der Waals surface area contributed by atoms with Gasteiger partial charge in [0.1, 0.15) is 29.9 Å². The molecule has 2 heterocycles. The third-order valence-electron chi connectivity index (χ3n) is 5.63. The lowest BCUT2D eigenvalue weighted by Crippen LogP contribution is -2.65. The van der Waals surface area contributed by atoms with E-state index < -0.39 is 41.3 Å². The van der Waals surface area contributed by atoms with Gasteiger partial charge in [-0.15, -0.1) is 35.8 Å². The van der Waals surface area contributed by atoms with Crippen LogP contribution in [0.1, 0.15) is 33.1 Å². The number of thioether (sulfide) groups is 1. The predicted molar refractivity (Wildman–Crippen MR) is 114 cm³/mol. The molecule has 4 N–H and O–H groups in total. The highest BCUT2D eigenvalue weighted by atomic mass is 35.5. The van der Waals surface area contributed by atoms with Crippen LogP contribution >= 0.6 is 35.8 Å². The number of amides is 1. The molecule has 8 unspecified atom stereocenters. The number of likely N-dealkylation sites (tertiary alicyclic amines) is 1. The van der Waals surface area contributed by atoms with Gasteiger partial charge in [0.2, 0.25) is 5.91 Å². The number of carbonyl (C=O) groups is 1. The fourth-order valence-electron chi connectivity index (χ4n) is 4.11. The minimum Gasteiger partial charge on any atom is -0.388 e. The van der Waals surface area contributed by atoms with E-state index in [0.717, 1.165) is 25.8 Å². The van der Waals surface area contributed by atoms with Gasteiger partial charge in [0.15, 0.2) is 0 Å². The summed E-state index contributed by atoms with van der Waals surface area (Å²) in [6.45, 7) is 4.74. The number of hydrogen-bond acceptors (Lipinski definition) is 7. The average Bonchev–Trinajstić information content (AvgIpc) is 2.99. The van der Waals surface area contributed by atoms with Crippen molar-refractivity contribution >= 4 is 41.7 Å². The Kier molecular flexibility index (Phi) is 10.8. The Bertz CT molecular complexity index is 503.